The minimum atomic E-state index is 0.760. The van der Waals surface area contributed by atoms with Gasteiger partial charge in [-0.15, -0.1) is 0 Å². The predicted molar refractivity (Wildman–Crippen MR) is 61.9 cm³/mol. The van der Waals surface area contributed by atoms with Gasteiger partial charge >= 0.3 is 0 Å². The van der Waals surface area contributed by atoms with Crippen LogP contribution < -0.4 is 4.90 Å². The molecule has 0 bridgehead atoms. The van der Waals surface area contributed by atoms with E-state index in [9.17, 15) is 0 Å². The Bertz CT molecular complexity index is 397. The smallest absolute Gasteiger partial charge is 0.0992 e. The molecule has 1 aliphatic heterocycles. The van der Waals surface area contributed by atoms with E-state index in [0.717, 1.165) is 24.6 Å². The summed E-state index contributed by atoms with van der Waals surface area (Å²) in [5, 5.41) is 8.86. The van der Waals surface area contributed by atoms with Crippen LogP contribution in [-0.2, 0) is 0 Å². The van der Waals surface area contributed by atoms with E-state index < -0.39 is 0 Å². The van der Waals surface area contributed by atoms with Crippen LogP contribution in [0.15, 0.2) is 18.2 Å². The topological polar surface area (TPSA) is 27.0 Å². The third-order valence-electron chi connectivity index (χ3n) is 3.21. The van der Waals surface area contributed by atoms with Crippen LogP contribution in [0.4, 0.5) is 5.69 Å². The van der Waals surface area contributed by atoms with Crippen LogP contribution in [-0.4, -0.2) is 13.1 Å². The molecule has 1 saturated heterocycles. The molecule has 0 aromatic heterocycles. The molecule has 78 valence electrons. The van der Waals surface area contributed by atoms with Crippen molar-refractivity contribution in [2.45, 2.75) is 20.3 Å². The summed E-state index contributed by atoms with van der Waals surface area (Å²) in [6.45, 7) is 6.63. The summed E-state index contributed by atoms with van der Waals surface area (Å²) in [4.78, 5) is 2.37. The van der Waals surface area contributed by atoms with Gasteiger partial charge < -0.3 is 4.90 Å². The summed E-state index contributed by atoms with van der Waals surface area (Å²) >= 11 is 0. The van der Waals surface area contributed by atoms with Crippen molar-refractivity contribution in [2.24, 2.45) is 5.92 Å². The number of hydrogen-bond donors (Lipinski definition) is 0. The Hall–Kier alpha value is -1.49. The normalized spacial score (nSPS) is 15.9. The maximum Gasteiger partial charge on any atom is 0.0992 e. The number of hydrogen-bond acceptors (Lipinski definition) is 2. The number of anilines is 1. The van der Waals surface area contributed by atoms with Crippen LogP contribution in [0.1, 0.15) is 24.5 Å². The van der Waals surface area contributed by atoms with Crippen LogP contribution in [0.3, 0.4) is 0 Å². The van der Waals surface area contributed by atoms with Gasteiger partial charge in [0.25, 0.3) is 0 Å². The number of nitrogens with zero attached hydrogens (tertiary/aromatic N) is 2. The zero-order valence-corrected chi connectivity index (χ0v) is 9.33. The van der Waals surface area contributed by atoms with Gasteiger partial charge in [0.1, 0.15) is 0 Å². The maximum atomic E-state index is 8.86. The van der Waals surface area contributed by atoms with Crippen molar-refractivity contribution >= 4 is 5.69 Å². The Morgan fingerprint density at radius 1 is 1.47 bits per heavy atom. The van der Waals surface area contributed by atoms with Crippen LogP contribution in [0.25, 0.3) is 0 Å². The fourth-order valence-electron chi connectivity index (χ4n) is 2.04. The second-order valence-electron chi connectivity index (χ2n) is 4.29. The largest absolute Gasteiger partial charge is 0.371 e. The molecule has 0 amide bonds. The molecule has 1 aromatic rings. The molecule has 0 radical (unpaired) electrons. The zero-order valence-electron chi connectivity index (χ0n) is 9.33. The van der Waals surface area contributed by atoms with Gasteiger partial charge in [-0.25, -0.2) is 0 Å². The Balaban J connectivity index is 2.18. The fraction of sp³-hybridized carbons (Fsp3) is 0.462. The fourth-order valence-corrected chi connectivity index (χ4v) is 2.04. The van der Waals surface area contributed by atoms with Crippen molar-refractivity contribution in [3.8, 4) is 6.07 Å². The average molecular weight is 200 g/mol. The lowest BCUT2D eigenvalue weighted by molar-refractivity contribution is 0.398. The quantitative estimate of drug-likeness (QED) is 0.734. The molecular formula is C13H16N2. The zero-order chi connectivity index (χ0) is 10.8. The van der Waals surface area contributed by atoms with Crippen LogP contribution in [0.5, 0.6) is 0 Å². The predicted octanol–water partition coefficient (Wildman–Crippen LogP) is 2.71. The lowest BCUT2D eigenvalue weighted by Gasteiger charge is -2.41. The van der Waals surface area contributed by atoms with E-state index in [0.29, 0.717) is 0 Å². The third-order valence-corrected chi connectivity index (χ3v) is 3.21. The molecule has 0 spiro atoms. The molecule has 0 saturated carbocycles. The minimum Gasteiger partial charge on any atom is -0.371 e. The Morgan fingerprint density at radius 3 is 2.80 bits per heavy atom. The minimum absolute atomic E-state index is 0.760. The van der Waals surface area contributed by atoms with Gasteiger partial charge in [0.15, 0.2) is 0 Å². The summed E-state index contributed by atoms with van der Waals surface area (Å²) in [6.07, 6.45) is 1.26. The van der Waals surface area contributed by atoms with Gasteiger partial charge in [0.2, 0.25) is 0 Å². The van der Waals surface area contributed by atoms with Crippen molar-refractivity contribution < 1.29 is 0 Å². The number of aryl methyl sites for hydroxylation is 1. The molecule has 0 N–H and O–H groups in total. The first-order chi connectivity index (χ1) is 7.24. The summed E-state index contributed by atoms with van der Waals surface area (Å²) < 4.78 is 0. The first kappa shape index (κ1) is 10.0. The first-order valence-corrected chi connectivity index (χ1v) is 5.50. The average Bonchev–Trinajstić information content (AvgIpc) is 2.19. The number of nitriles is 1. The van der Waals surface area contributed by atoms with Crippen molar-refractivity contribution in [1.82, 2.24) is 0 Å². The van der Waals surface area contributed by atoms with Crippen molar-refractivity contribution in [1.29, 1.82) is 5.26 Å². The SMILES string of the molecule is CCC1CN(c2cc(C#N)ccc2C)C1. The van der Waals surface area contributed by atoms with E-state index in [1.165, 1.54) is 17.7 Å². The molecule has 1 fully saturated rings. The molecule has 2 heteroatoms. The first-order valence-electron chi connectivity index (χ1n) is 5.50. The van der Waals surface area contributed by atoms with Gasteiger partial charge in [0, 0.05) is 18.8 Å². The second kappa shape index (κ2) is 3.94. The van der Waals surface area contributed by atoms with Gasteiger partial charge in [-0.2, -0.15) is 5.26 Å². The highest BCUT2D eigenvalue weighted by atomic mass is 15.2. The van der Waals surface area contributed by atoms with Crippen LogP contribution in [0, 0.1) is 24.2 Å². The number of rotatable bonds is 2. The second-order valence-corrected chi connectivity index (χ2v) is 4.29. The van der Waals surface area contributed by atoms with E-state index in [1.54, 1.807) is 0 Å². The highest BCUT2D eigenvalue weighted by Crippen LogP contribution is 2.29. The summed E-state index contributed by atoms with van der Waals surface area (Å²) in [5.74, 6) is 0.843. The summed E-state index contributed by atoms with van der Waals surface area (Å²) in [5.41, 5.74) is 3.26. The Morgan fingerprint density at radius 2 is 2.20 bits per heavy atom. The standard InChI is InChI=1S/C13H16N2/c1-3-11-8-15(9-11)13-6-12(7-14)5-4-10(13)2/h4-6,11H,3,8-9H2,1-2H3. The molecule has 1 aliphatic rings. The lowest BCUT2D eigenvalue weighted by Crippen LogP contribution is -2.46. The highest BCUT2D eigenvalue weighted by molar-refractivity contribution is 5.58. The lowest BCUT2D eigenvalue weighted by atomic mass is 9.95. The summed E-state index contributed by atoms with van der Waals surface area (Å²) in [7, 11) is 0. The number of benzene rings is 1. The molecule has 0 atom stereocenters. The molecule has 2 nitrogen and oxygen atoms in total. The Kier molecular flexibility index (Phi) is 2.64. The van der Waals surface area contributed by atoms with Gasteiger partial charge in [-0.1, -0.05) is 13.0 Å². The van der Waals surface area contributed by atoms with Gasteiger partial charge in [-0.3, -0.25) is 0 Å². The van der Waals surface area contributed by atoms with Crippen molar-refractivity contribution in [3.63, 3.8) is 0 Å². The van der Waals surface area contributed by atoms with Gasteiger partial charge in [0.05, 0.1) is 11.6 Å². The maximum absolute atomic E-state index is 8.86. The van der Waals surface area contributed by atoms with Crippen molar-refractivity contribution in [3.05, 3.63) is 29.3 Å². The van der Waals surface area contributed by atoms with E-state index in [2.05, 4.69) is 24.8 Å². The van der Waals surface area contributed by atoms with E-state index in [1.807, 2.05) is 18.2 Å². The van der Waals surface area contributed by atoms with Crippen LogP contribution in [0.2, 0.25) is 0 Å². The van der Waals surface area contributed by atoms with Gasteiger partial charge in [-0.05, 0) is 37.0 Å². The molecule has 15 heavy (non-hydrogen) atoms. The van der Waals surface area contributed by atoms with E-state index in [4.69, 9.17) is 5.26 Å². The molecule has 1 heterocycles. The van der Waals surface area contributed by atoms with Crippen LogP contribution >= 0.6 is 0 Å². The Labute approximate surface area is 91.1 Å². The molecular weight excluding hydrogens is 184 g/mol. The highest BCUT2D eigenvalue weighted by Gasteiger charge is 2.26. The molecule has 1 aromatic carbocycles. The van der Waals surface area contributed by atoms with E-state index >= 15 is 0 Å². The molecule has 2 rings (SSSR count). The van der Waals surface area contributed by atoms with E-state index in [-0.39, 0.29) is 0 Å². The monoisotopic (exact) mass is 200 g/mol. The van der Waals surface area contributed by atoms with Crippen molar-refractivity contribution in [2.75, 3.05) is 18.0 Å². The summed E-state index contributed by atoms with van der Waals surface area (Å²) in [6, 6.07) is 8.12. The molecule has 0 aliphatic carbocycles. The molecule has 0 unspecified atom stereocenters. The third kappa shape index (κ3) is 1.83.